The van der Waals surface area contributed by atoms with Crippen LogP contribution in [0.15, 0.2) is 33.9 Å². The van der Waals surface area contributed by atoms with Crippen LogP contribution in [-0.4, -0.2) is 40.1 Å². The molecule has 1 aliphatic rings. The smallest absolute Gasteiger partial charge is 0.270 e. The summed E-state index contributed by atoms with van der Waals surface area (Å²) in [5.41, 5.74) is -0.0887. The first-order chi connectivity index (χ1) is 15.1. The topological polar surface area (TPSA) is 111 Å². The number of benzene rings is 1. The fourth-order valence-electron chi connectivity index (χ4n) is 3.71. The van der Waals surface area contributed by atoms with E-state index >= 15 is 0 Å². The van der Waals surface area contributed by atoms with E-state index in [1.807, 2.05) is 0 Å². The molecule has 0 saturated carbocycles. The van der Waals surface area contributed by atoms with Gasteiger partial charge in [-0.05, 0) is 37.6 Å². The van der Waals surface area contributed by atoms with Crippen LogP contribution in [0.4, 0.5) is 20.3 Å². The third-order valence-corrected chi connectivity index (χ3v) is 5.83. The van der Waals surface area contributed by atoms with Gasteiger partial charge in [-0.15, -0.1) is 0 Å². The van der Waals surface area contributed by atoms with Crippen molar-refractivity contribution in [3.8, 4) is 0 Å². The quantitative estimate of drug-likeness (QED) is 0.551. The van der Waals surface area contributed by atoms with Gasteiger partial charge < -0.3 is 10.2 Å². The van der Waals surface area contributed by atoms with Crippen LogP contribution in [0.25, 0.3) is 10.8 Å². The molecule has 8 nitrogen and oxygen atoms in total. The van der Waals surface area contributed by atoms with Crippen molar-refractivity contribution in [2.24, 2.45) is 0 Å². The summed E-state index contributed by atoms with van der Waals surface area (Å²) in [6.07, 6.45) is -0.290. The molecule has 11 heteroatoms. The standard InChI is InChI=1S/C21H20ClF2N5O3/c1-11-16(22)10-15(17(25-11)29-7-2-5-21(23,24)6-8-29)18(30)26-12-3-4-13-14(9-12)20(32)28-27-19(13)31/h3-4,9-10H,2,5-8H2,1H3,(H,26,30)(H,27,31)(H,28,32). The van der Waals surface area contributed by atoms with Crippen molar-refractivity contribution in [2.75, 3.05) is 23.3 Å². The molecule has 3 N–H and O–H groups in total. The molecule has 32 heavy (non-hydrogen) atoms. The molecule has 0 atom stereocenters. The van der Waals surface area contributed by atoms with Crippen molar-refractivity contribution in [1.82, 2.24) is 15.2 Å². The van der Waals surface area contributed by atoms with E-state index < -0.39 is 22.9 Å². The highest BCUT2D eigenvalue weighted by molar-refractivity contribution is 6.31. The molecule has 1 fully saturated rings. The van der Waals surface area contributed by atoms with Crippen molar-refractivity contribution < 1.29 is 13.6 Å². The number of fused-ring (bicyclic) bond motifs is 1. The number of aromatic amines is 2. The van der Waals surface area contributed by atoms with Crippen LogP contribution in [-0.2, 0) is 0 Å². The van der Waals surface area contributed by atoms with Crippen molar-refractivity contribution in [3.63, 3.8) is 0 Å². The van der Waals surface area contributed by atoms with E-state index in [4.69, 9.17) is 11.6 Å². The Kier molecular flexibility index (Phi) is 5.72. The molecule has 1 saturated heterocycles. The van der Waals surface area contributed by atoms with Gasteiger partial charge in [0.15, 0.2) is 0 Å². The molecule has 2 aromatic heterocycles. The maximum atomic E-state index is 13.8. The van der Waals surface area contributed by atoms with Crippen LogP contribution in [0.5, 0.6) is 0 Å². The van der Waals surface area contributed by atoms with Gasteiger partial charge in [-0.3, -0.25) is 24.6 Å². The molecule has 3 aromatic rings. The maximum Gasteiger partial charge on any atom is 0.270 e. The van der Waals surface area contributed by atoms with Crippen molar-refractivity contribution >= 4 is 39.8 Å². The molecule has 0 radical (unpaired) electrons. The molecular formula is C21H20ClF2N5O3. The summed E-state index contributed by atoms with van der Waals surface area (Å²) in [6.45, 7) is 2.06. The van der Waals surface area contributed by atoms with Crippen LogP contribution >= 0.6 is 11.6 Å². The maximum absolute atomic E-state index is 13.8. The molecule has 1 amide bonds. The van der Waals surface area contributed by atoms with Gasteiger partial charge >= 0.3 is 0 Å². The normalized spacial score (nSPS) is 16.1. The van der Waals surface area contributed by atoms with E-state index in [2.05, 4.69) is 20.5 Å². The summed E-state index contributed by atoms with van der Waals surface area (Å²) in [5, 5.41) is 7.70. The SMILES string of the molecule is Cc1nc(N2CCCC(F)(F)CC2)c(C(=O)Nc2ccc3c(=O)[nH][nH]c(=O)c3c2)cc1Cl. The predicted octanol–water partition coefficient (Wildman–Crippen LogP) is 3.45. The van der Waals surface area contributed by atoms with Crippen LogP contribution in [0.2, 0.25) is 5.02 Å². The number of carbonyl (C=O) groups excluding carboxylic acids is 1. The Labute approximate surface area is 185 Å². The Morgan fingerprint density at radius 1 is 1.12 bits per heavy atom. The number of nitrogens with zero attached hydrogens (tertiary/aromatic N) is 2. The number of pyridine rings is 1. The number of H-pyrrole nitrogens is 2. The number of aryl methyl sites for hydroxylation is 1. The third kappa shape index (κ3) is 4.36. The minimum Gasteiger partial charge on any atom is -0.356 e. The number of nitrogens with one attached hydrogen (secondary N) is 3. The summed E-state index contributed by atoms with van der Waals surface area (Å²) in [7, 11) is 0. The lowest BCUT2D eigenvalue weighted by Gasteiger charge is -2.24. The molecule has 0 unspecified atom stereocenters. The van der Waals surface area contributed by atoms with Gasteiger partial charge in [0.25, 0.3) is 17.0 Å². The second-order valence-corrected chi connectivity index (χ2v) is 8.15. The highest BCUT2D eigenvalue weighted by Crippen LogP contribution is 2.32. The molecule has 0 bridgehead atoms. The minimum absolute atomic E-state index is 0.0511. The Hall–Kier alpha value is -3.27. The van der Waals surface area contributed by atoms with Crippen molar-refractivity contribution in [2.45, 2.75) is 32.1 Å². The lowest BCUT2D eigenvalue weighted by atomic mass is 10.1. The number of halogens is 3. The number of hydrogen-bond acceptors (Lipinski definition) is 5. The van der Waals surface area contributed by atoms with Gasteiger partial charge in [-0.1, -0.05) is 11.6 Å². The number of alkyl halides is 2. The van der Waals surface area contributed by atoms with Gasteiger partial charge in [0.05, 0.1) is 27.1 Å². The zero-order valence-electron chi connectivity index (χ0n) is 17.1. The Morgan fingerprint density at radius 3 is 2.59 bits per heavy atom. The zero-order chi connectivity index (χ0) is 23.0. The number of hydrogen-bond donors (Lipinski definition) is 3. The molecule has 1 aliphatic heterocycles. The molecule has 4 rings (SSSR count). The van der Waals surface area contributed by atoms with E-state index in [-0.39, 0.29) is 58.7 Å². The summed E-state index contributed by atoms with van der Waals surface area (Å²) in [4.78, 5) is 43.1. The molecule has 168 valence electrons. The van der Waals surface area contributed by atoms with Crippen LogP contribution in [0.3, 0.4) is 0 Å². The first-order valence-corrected chi connectivity index (χ1v) is 10.4. The number of amides is 1. The Bertz CT molecular complexity index is 1320. The number of rotatable bonds is 3. The van der Waals surface area contributed by atoms with Crippen LogP contribution in [0.1, 0.15) is 35.3 Å². The summed E-state index contributed by atoms with van der Waals surface area (Å²) in [6, 6.07) is 5.76. The molecule has 1 aromatic carbocycles. The fraction of sp³-hybridized carbons (Fsp3) is 0.333. The highest BCUT2D eigenvalue weighted by atomic mass is 35.5. The number of aromatic nitrogens is 3. The van der Waals surface area contributed by atoms with Gasteiger partial charge in [0.2, 0.25) is 5.92 Å². The van der Waals surface area contributed by atoms with Crippen LogP contribution < -0.4 is 21.3 Å². The highest BCUT2D eigenvalue weighted by Gasteiger charge is 2.33. The second kappa shape index (κ2) is 8.34. The Balaban J connectivity index is 1.69. The third-order valence-electron chi connectivity index (χ3n) is 5.45. The van der Waals surface area contributed by atoms with E-state index in [0.717, 1.165) is 0 Å². The van der Waals surface area contributed by atoms with Crippen LogP contribution in [0, 0.1) is 6.92 Å². The predicted molar refractivity (Wildman–Crippen MR) is 118 cm³/mol. The van der Waals surface area contributed by atoms with Crippen molar-refractivity contribution in [1.29, 1.82) is 0 Å². The van der Waals surface area contributed by atoms with Gasteiger partial charge in [0, 0.05) is 31.6 Å². The van der Waals surface area contributed by atoms with Gasteiger partial charge in [-0.2, -0.15) is 0 Å². The molecule has 0 aliphatic carbocycles. The van der Waals surface area contributed by atoms with E-state index in [9.17, 15) is 23.2 Å². The average molecular weight is 464 g/mol. The monoisotopic (exact) mass is 463 g/mol. The number of carbonyl (C=O) groups is 1. The first kappa shape index (κ1) is 21.9. The first-order valence-electron chi connectivity index (χ1n) is 10.0. The second-order valence-electron chi connectivity index (χ2n) is 7.75. The van der Waals surface area contributed by atoms with E-state index in [1.165, 1.54) is 24.3 Å². The summed E-state index contributed by atoms with van der Waals surface area (Å²) >= 11 is 6.20. The molecule has 0 spiro atoms. The lowest BCUT2D eigenvalue weighted by Crippen LogP contribution is -2.29. The number of anilines is 2. The van der Waals surface area contributed by atoms with Crippen molar-refractivity contribution in [3.05, 3.63) is 61.3 Å². The molecular weight excluding hydrogens is 444 g/mol. The summed E-state index contributed by atoms with van der Waals surface area (Å²) < 4.78 is 27.7. The Morgan fingerprint density at radius 2 is 1.84 bits per heavy atom. The van der Waals surface area contributed by atoms with E-state index in [1.54, 1.807) is 11.8 Å². The average Bonchev–Trinajstić information content (AvgIpc) is 2.93. The zero-order valence-corrected chi connectivity index (χ0v) is 17.9. The van der Waals surface area contributed by atoms with Gasteiger partial charge in [0.1, 0.15) is 5.82 Å². The fourth-order valence-corrected chi connectivity index (χ4v) is 3.86. The minimum atomic E-state index is -2.76. The summed E-state index contributed by atoms with van der Waals surface area (Å²) in [5.74, 6) is -3.04. The molecule has 3 heterocycles. The van der Waals surface area contributed by atoms with Gasteiger partial charge in [-0.25, -0.2) is 13.8 Å². The largest absolute Gasteiger partial charge is 0.356 e. The van der Waals surface area contributed by atoms with E-state index in [0.29, 0.717) is 12.2 Å². The lowest BCUT2D eigenvalue weighted by molar-refractivity contribution is -0.0102.